The van der Waals surface area contributed by atoms with Crippen LogP contribution < -0.4 is 11.0 Å². The van der Waals surface area contributed by atoms with Crippen molar-refractivity contribution in [1.82, 2.24) is 9.13 Å². The molecule has 0 aliphatic heterocycles. The fourth-order valence-corrected chi connectivity index (χ4v) is 3.35. The highest BCUT2D eigenvalue weighted by Gasteiger charge is 2.13. The second-order valence-electron chi connectivity index (χ2n) is 6.33. The molecule has 0 aliphatic carbocycles. The number of imidazole rings is 1. The third-order valence-electron chi connectivity index (χ3n) is 4.40. The minimum atomic E-state index is -0.130. The van der Waals surface area contributed by atoms with Gasteiger partial charge in [-0.3, -0.25) is 13.9 Å². The van der Waals surface area contributed by atoms with Crippen LogP contribution in [0.25, 0.3) is 11.0 Å². The van der Waals surface area contributed by atoms with E-state index < -0.39 is 0 Å². The molecule has 136 valence electrons. The number of amides is 1. The third-order valence-corrected chi connectivity index (χ3v) is 4.63. The number of benzene rings is 2. The van der Waals surface area contributed by atoms with E-state index in [0.717, 1.165) is 28.7 Å². The number of carbonyl (C=O) groups is 1. The lowest BCUT2D eigenvalue weighted by Crippen LogP contribution is -2.26. The zero-order chi connectivity index (χ0) is 18.7. The van der Waals surface area contributed by atoms with Crippen molar-refractivity contribution in [3.8, 4) is 0 Å². The van der Waals surface area contributed by atoms with Crippen molar-refractivity contribution >= 4 is 34.2 Å². The minimum Gasteiger partial charge on any atom is -0.326 e. The molecule has 0 aliphatic rings. The van der Waals surface area contributed by atoms with Gasteiger partial charge in [-0.05, 0) is 49.2 Å². The smallest absolute Gasteiger partial charge is 0.326 e. The molecule has 1 heterocycles. The highest BCUT2D eigenvalue weighted by molar-refractivity contribution is 6.30. The highest BCUT2D eigenvalue weighted by atomic mass is 35.5. The van der Waals surface area contributed by atoms with Gasteiger partial charge in [0.1, 0.15) is 0 Å². The van der Waals surface area contributed by atoms with Crippen molar-refractivity contribution in [2.75, 3.05) is 5.32 Å². The predicted octanol–water partition coefficient (Wildman–Crippen LogP) is 4.20. The number of hydrogen-bond acceptors (Lipinski definition) is 2. The van der Waals surface area contributed by atoms with Crippen LogP contribution in [0.2, 0.25) is 5.02 Å². The van der Waals surface area contributed by atoms with Crippen molar-refractivity contribution < 1.29 is 4.79 Å². The summed E-state index contributed by atoms with van der Waals surface area (Å²) in [7, 11) is 0. The number of aryl methyl sites for hydroxylation is 3. The number of fused-ring (bicyclic) bond motifs is 1. The van der Waals surface area contributed by atoms with Gasteiger partial charge in [0, 0.05) is 30.2 Å². The van der Waals surface area contributed by atoms with Gasteiger partial charge in [-0.2, -0.15) is 0 Å². The number of para-hydroxylation sites is 2. The van der Waals surface area contributed by atoms with Crippen molar-refractivity contribution in [3.63, 3.8) is 0 Å². The van der Waals surface area contributed by atoms with Gasteiger partial charge in [0.15, 0.2) is 0 Å². The maximum absolute atomic E-state index is 12.7. The molecule has 6 heteroatoms. The normalized spacial score (nSPS) is 11.0. The zero-order valence-corrected chi connectivity index (χ0v) is 15.7. The average molecular weight is 372 g/mol. The third kappa shape index (κ3) is 3.68. The number of halogens is 1. The van der Waals surface area contributed by atoms with Gasteiger partial charge >= 0.3 is 5.69 Å². The first-order valence-corrected chi connectivity index (χ1v) is 9.13. The van der Waals surface area contributed by atoms with E-state index in [1.165, 1.54) is 0 Å². The number of carbonyl (C=O) groups excluding carboxylic acids is 1. The molecule has 0 fully saturated rings. The largest absolute Gasteiger partial charge is 0.329 e. The van der Waals surface area contributed by atoms with Gasteiger partial charge in [-0.25, -0.2) is 4.79 Å². The van der Waals surface area contributed by atoms with Crippen LogP contribution in [-0.4, -0.2) is 15.0 Å². The molecular weight excluding hydrogens is 350 g/mol. The Morgan fingerprint density at radius 3 is 2.35 bits per heavy atom. The van der Waals surface area contributed by atoms with Crippen molar-refractivity contribution in [2.24, 2.45) is 0 Å². The second kappa shape index (κ2) is 7.79. The summed E-state index contributed by atoms with van der Waals surface area (Å²) < 4.78 is 3.45. The van der Waals surface area contributed by atoms with E-state index >= 15 is 0 Å². The first kappa shape index (κ1) is 18.3. The Balaban J connectivity index is 1.78. The Morgan fingerprint density at radius 2 is 1.73 bits per heavy atom. The maximum atomic E-state index is 12.7. The van der Waals surface area contributed by atoms with E-state index in [1.54, 1.807) is 27.3 Å². The van der Waals surface area contributed by atoms with Gasteiger partial charge < -0.3 is 5.32 Å². The van der Waals surface area contributed by atoms with Crippen LogP contribution in [-0.2, 0) is 17.9 Å². The predicted molar refractivity (Wildman–Crippen MR) is 106 cm³/mol. The van der Waals surface area contributed by atoms with Gasteiger partial charge in [0.25, 0.3) is 0 Å². The molecule has 0 unspecified atom stereocenters. The summed E-state index contributed by atoms with van der Waals surface area (Å²) in [6.45, 7) is 4.95. The molecular formula is C20H22ClN3O2. The molecule has 0 saturated heterocycles. The van der Waals surface area contributed by atoms with Crippen LogP contribution in [0.3, 0.4) is 0 Å². The summed E-state index contributed by atoms with van der Waals surface area (Å²) in [4.78, 5) is 25.1. The molecule has 0 saturated carbocycles. The summed E-state index contributed by atoms with van der Waals surface area (Å²) >= 11 is 5.94. The topological polar surface area (TPSA) is 56.0 Å². The van der Waals surface area contributed by atoms with Crippen LogP contribution in [0.4, 0.5) is 5.69 Å². The van der Waals surface area contributed by atoms with E-state index in [4.69, 9.17) is 11.6 Å². The molecule has 0 spiro atoms. The lowest BCUT2D eigenvalue weighted by Gasteiger charge is -2.09. The number of aromatic nitrogens is 2. The van der Waals surface area contributed by atoms with Gasteiger partial charge in [-0.1, -0.05) is 30.7 Å². The Kier molecular flexibility index (Phi) is 5.47. The fourth-order valence-electron chi connectivity index (χ4n) is 3.12. The van der Waals surface area contributed by atoms with Crippen molar-refractivity contribution in [1.29, 1.82) is 0 Å². The van der Waals surface area contributed by atoms with E-state index in [-0.39, 0.29) is 18.0 Å². The van der Waals surface area contributed by atoms with E-state index in [0.29, 0.717) is 18.1 Å². The van der Waals surface area contributed by atoms with Crippen LogP contribution in [0.1, 0.15) is 25.3 Å². The van der Waals surface area contributed by atoms with Crippen LogP contribution in [0.5, 0.6) is 0 Å². The summed E-state index contributed by atoms with van der Waals surface area (Å²) in [5.74, 6) is -0.130. The maximum Gasteiger partial charge on any atom is 0.329 e. The molecule has 26 heavy (non-hydrogen) atoms. The average Bonchev–Trinajstić information content (AvgIpc) is 2.88. The molecule has 0 radical (unpaired) electrons. The van der Waals surface area contributed by atoms with Crippen LogP contribution in [0.15, 0.2) is 47.3 Å². The quantitative estimate of drug-likeness (QED) is 0.705. The first-order chi connectivity index (χ1) is 12.5. The second-order valence-corrected chi connectivity index (χ2v) is 6.77. The van der Waals surface area contributed by atoms with Crippen molar-refractivity contribution in [3.05, 3.63) is 63.5 Å². The fraction of sp³-hybridized carbons (Fsp3) is 0.300. The van der Waals surface area contributed by atoms with Crippen molar-refractivity contribution in [2.45, 2.75) is 39.8 Å². The van der Waals surface area contributed by atoms with Gasteiger partial charge in [0.2, 0.25) is 5.91 Å². The molecule has 1 aromatic heterocycles. The molecule has 2 aromatic carbocycles. The lowest BCUT2D eigenvalue weighted by molar-refractivity contribution is -0.116. The lowest BCUT2D eigenvalue weighted by atomic mass is 10.2. The number of nitrogens with zero attached hydrogens (tertiary/aromatic N) is 2. The highest BCUT2D eigenvalue weighted by Crippen LogP contribution is 2.20. The Morgan fingerprint density at radius 1 is 1.08 bits per heavy atom. The standard InChI is InChI=1S/C20H22ClN3O2/c1-3-11-23-17-6-4-5-7-18(17)24(20(23)26)12-10-19(25)22-16-9-8-15(21)13-14(16)2/h4-9,13H,3,10-12H2,1-2H3,(H,22,25). The van der Waals surface area contributed by atoms with E-state index in [1.807, 2.05) is 38.1 Å². The van der Waals surface area contributed by atoms with E-state index in [2.05, 4.69) is 5.32 Å². The first-order valence-electron chi connectivity index (χ1n) is 8.75. The Hall–Kier alpha value is -2.53. The molecule has 3 rings (SSSR count). The number of anilines is 1. The molecule has 1 N–H and O–H groups in total. The Labute approximate surface area is 157 Å². The van der Waals surface area contributed by atoms with E-state index in [9.17, 15) is 9.59 Å². The van der Waals surface area contributed by atoms with Gasteiger partial charge in [-0.15, -0.1) is 0 Å². The summed E-state index contributed by atoms with van der Waals surface area (Å²) in [5, 5.41) is 3.52. The molecule has 0 bridgehead atoms. The molecule has 1 amide bonds. The minimum absolute atomic E-state index is 0.0662. The molecule has 5 nitrogen and oxygen atoms in total. The summed E-state index contributed by atoms with van der Waals surface area (Å²) in [5.41, 5.74) is 3.35. The summed E-state index contributed by atoms with van der Waals surface area (Å²) in [6.07, 6.45) is 1.10. The number of nitrogens with one attached hydrogen (secondary N) is 1. The van der Waals surface area contributed by atoms with Gasteiger partial charge in [0.05, 0.1) is 11.0 Å². The molecule has 0 atom stereocenters. The SMILES string of the molecule is CCCn1c(=O)n(CCC(=O)Nc2ccc(Cl)cc2C)c2ccccc21. The monoisotopic (exact) mass is 371 g/mol. The van der Waals surface area contributed by atoms with Crippen LogP contribution in [0, 0.1) is 6.92 Å². The molecule has 3 aromatic rings. The van der Waals surface area contributed by atoms with Crippen LogP contribution >= 0.6 is 11.6 Å². The number of rotatable bonds is 6. The Bertz CT molecular complexity index is 1000. The zero-order valence-electron chi connectivity index (χ0n) is 15.0. The summed E-state index contributed by atoms with van der Waals surface area (Å²) in [6, 6.07) is 13.0. The number of hydrogen-bond donors (Lipinski definition) is 1.